The molecule has 1 aliphatic rings. The van der Waals surface area contributed by atoms with E-state index in [1.165, 1.54) is 6.07 Å². The Morgan fingerprint density at radius 3 is 2.88 bits per heavy atom. The second-order valence-corrected chi connectivity index (χ2v) is 8.09. The first-order valence-corrected chi connectivity index (χ1v) is 10.7. The minimum atomic E-state index is -0.103. The summed E-state index contributed by atoms with van der Waals surface area (Å²) in [7, 11) is 1.84. The molecule has 0 aliphatic carbocycles. The molecule has 0 bridgehead atoms. The molecule has 32 heavy (non-hydrogen) atoms. The summed E-state index contributed by atoms with van der Waals surface area (Å²) in [6.45, 7) is 1.59. The summed E-state index contributed by atoms with van der Waals surface area (Å²) in [6, 6.07) is 9.35. The molecular formula is C23H24N6O3. The largest absolute Gasteiger partial charge is 0.381 e. The highest BCUT2D eigenvalue weighted by Gasteiger charge is 2.18. The third-order valence-electron chi connectivity index (χ3n) is 5.66. The third-order valence-corrected chi connectivity index (χ3v) is 5.66. The zero-order valence-corrected chi connectivity index (χ0v) is 17.8. The fourth-order valence-corrected chi connectivity index (χ4v) is 3.91. The summed E-state index contributed by atoms with van der Waals surface area (Å²) in [6.07, 6.45) is 8.42. The van der Waals surface area contributed by atoms with Crippen molar-refractivity contribution < 1.29 is 9.26 Å². The average molecular weight is 432 g/mol. The lowest BCUT2D eigenvalue weighted by Crippen LogP contribution is -2.17. The molecule has 0 N–H and O–H groups in total. The fourth-order valence-electron chi connectivity index (χ4n) is 3.91. The Balaban J connectivity index is 1.34. The number of ether oxygens (including phenoxy) is 1. The Bertz CT molecular complexity index is 1270. The van der Waals surface area contributed by atoms with E-state index in [0.29, 0.717) is 29.7 Å². The first kappa shape index (κ1) is 20.3. The van der Waals surface area contributed by atoms with Crippen LogP contribution in [0.2, 0.25) is 0 Å². The van der Waals surface area contributed by atoms with E-state index in [2.05, 4.69) is 20.3 Å². The zero-order chi connectivity index (χ0) is 21.9. The molecule has 9 nitrogen and oxygen atoms in total. The van der Waals surface area contributed by atoms with Crippen LogP contribution < -0.4 is 5.43 Å². The monoisotopic (exact) mass is 432 g/mol. The van der Waals surface area contributed by atoms with Gasteiger partial charge in [0.25, 0.3) is 0 Å². The van der Waals surface area contributed by atoms with Crippen molar-refractivity contribution in [1.82, 2.24) is 29.7 Å². The van der Waals surface area contributed by atoms with E-state index in [9.17, 15) is 4.79 Å². The smallest absolute Gasteiger partial charge is 0.227 e. The summed E-state index contributed by atoms with van der Waals surface area (Å²) in [5.41, 5.74) is 2.96. The highest BCUT2D eigenvalue weighted by Crippen LogP contribution is 2.22. The van der Waals surface area contributed by atoms with Gasteiger partial charge in [0.05, 0.1) is 12.4 Å². The van der Waals surface area contributed by atoms with Crippen molar-refractivity contribution in [1.29, 1.82) is 0 Å². The number of aryl methyl sites for hydroxylation is 1. The van der Waals surface area contributed by atoms with Crippen molar-refractivity contribution in [3.63, 3.8) is 0 Å². The van der Waals surface area contributed by atoms with Crippen molar-refractivity contribution in [2.24, 2.45) is 13.0 Å². The molecule has 0 spiro atoms. The van der Waals surface area contributed by atoms with Crippen molar-refractivity contribution >= 4 is 0 Å². The Morgan fingerprint density at radius 1 is 1.19 bits per heavy atom. The first-order chi connectivity index (χ1) is 15.6. The van der Waals surface area contributed by atoms with Crippen LogP contribution in [0.1, 0.15) is 30.0 Å². The van der Waals surface area contributed by atoms with Crippen LogP contribution in [-0.4, -0.2) is 42.9 Å². The zero-order valence-electron chi connectivity index (χ0n) is 17.8. The van der Waals surface area contributed by atoms with Crippen LogP contribution >= 0.6 is 0 Å². The number of aromatic nitrogens is 6. The fraction of sp³-hybridized carbons (Fsp3) is 0.348. The quantitative estimate of drug-likeness (QED) is 0.461. The van der Waals surface area contributed by atoms with Gasteiger partial charge in [-0.25, -0.2) is 4.68 Å². The number of benzene rings is 1. The molecule has 164 valence electrons. The maximum Gasteiger partial charge on any atom is 0.227 e. The Kier molecular flexibility index (Phi) is 5.64. The first-order valence-electron chi connectivity index (χ1n) is 10.7. The summed E-state index contributed by atoms with van der Waals surface area (Å²) in [5, 5.41) is 12.8. The molecule has 3 aromatic heterocycles. The second kappa shape index (κ2) is 8.88. The molecule has 9 heteroatoms. The van der Waals surface area contributed by atoms with Gasteiger partial charge in [-0.05, 0) is 30.4 Å². The van der Waals surface area contributed by atoms with E-state index < -0.39 is 0 Å². The summed E-state index contributed by atoms with van der Waals surface area (Å²) >= 11 is 0. The van der Waals surface area contributed by atoms with Gasteiger partial charge >= 0.3 is 0 Å². The molecule has 1 fully saturated rings. The number of hydrogen-bond donors (Lipinski definition) is 0. The molecule has 5 rings (SSSR count). The van der Waals surface area contributed by atoms with Crippen LogP contribution in [0.15, 0.2) is 58.2 Å². The molecule has 1 aromatic carbocycles. The molecular weight excluding hydrogens is 408 g/mol. The Labute approximate surface area is 184 Å². The van der Waals surface area contributed by atoms with E-state index in [-0.39, 0.29) is 5.43 Å². The molecule has 4 aromatic rings. The topological polar surface area (TPSA) is 101 Å². The van der Waals surface area contributed by atoms with E-state index in [0.717, 1.165) is 49.3 Å². The van der Waals surface area contributed by atoms with E-state index >= 15 is 0 Å². The Morgan fingerprint density at radius 2 is 2.06 bits per heavy atom. The third kappa shape index (κ3) is 4.52. The van der Waals surface area contributed by atoms with E-state index in [4.69, 9.17) is 9.26 Å². The molecule has 0 atom stereocenters. The van der Waals surface area contributed by atoms with Gasteiger partial charge in [0, 0.05) is 50.9 Å². The van der Waals surface area contributed by atoms with Crippen LogP contribution in [0.4, 0.5) is 0 Å². The number of rotatable bonds is 6. The lowest BCUT2D eigenvalue weighted by atomic mass is 9.97. The molecule has 4 heterocycles. The van der Waals surface area contributed by atoms with Crippen molar-refractivity contribution in [2.75, 3.05) is 13.2 Å². The van der Waals surface area contributed by atoms with Crippen molar-refractivity contribution in [3.05, 3.63) is 76.3 Å². The molecule has 1 saturated heterocycles. The number of hydrogen-bond acceptors (Lipinski definition) is 7. The van der Waals surface area contributed by atoms with Crippen LogP contribution in [0, 0.1) is 5.92 Å². The lowest BCUT2D eigenvalue weighted by molar-refractivity contribution is 0.0642. The summed E-state index contributed by atoms with van der Waals surface area (Å²) < 4.78 is 14.3. The number of nitrogens with zero attached hydrogens (tertiary/aromatic N) is 6. The van der Waals surface area contributed by atoms with Crippen LogP contribution in [-0.2, 0) is 24.6 Å². The predicted molar refractivity (Wildman–Crippen MR) is 116 cm³/mol. The van der Waals surface area contributed by atoms with Gasteiger partial charge in [-0.2, -0.15) is 15.2 Å². The van der Waals surface area contributed by atoms with Gasteiger partial charge in [-0.15, -0.1) is 0 Å². The van der Waals surface area contributed by atoms with Crippen molar-refractivity contribution in [3.8, 4) is 17.1 Å². The normalized spacial score (nSPS) is 14.7. The molecule has 0 unspecified atom stereocenters. The molecule has 0 saturated carbocycles. The van der Waals surface area contributed by atoms with E-state index in [1.807, 2.05) is 37.5 Å². The second-order valence-electron chi connectivity index (χ2n) is 8.09. The predicted octanol–water partition coefficient (Wildman–Crippen LogP) is 2.58. The van der Waals surface area contributed by atoms with Gasteiger partial charge in [-0.1, -0.05) is 23.4 Å². The van der Waals surface area contributed by atoms with E-state index in [1.54, 1.807) is 21.8 Å². The maximum atomic E-state index is 12.4. The molecule has 0 radical (unpaired) electrons. The van der Waals surface area contributed by atoms with Gasteiger partial charge in [0.1, 0.15) is 11.4 Å². The minimum Gasteiger partial charge on any atom is -0.381 e. The van der Waals surface area contributed by atoms with Gasteiger partial charge in [-0.3, -0.25) is 9.48 Å². The lowest BCUT2D eigenvalue weighted by Gasteiger charge is -2.19. The van der Waals surface area contributed by atoms with Crippen molar-refractivity contribution in [2.45, 2.75) is 25.7 Å². The highest BCUT2D eigenvalue weighted by molar-refractivity contribution is 5.55. The van der Waals surface area contributed by atoms with Crippen LogP contribution in [0.3, 0.4) is 0 Å². The SMILES string of the molecule is Cn1cc(-n2ccc(=O)c(Cc3cccc(-c4noc(CC5CCOCC5)n4)c3)n2)cn1. The van der Waals surface area contributed by atoms with Crippen LogP contribution in [0.5, 0.6) is 0 Å². The maximum absolute atomic E-state index is 12.4. The average Bonchev–Trinajstić information content (AvgIpc) is 3.45. The highest BCUT2D eigenvalue weighted by atomic mass is 16.5. The molecule has 1 aliphatic heterocycles. The van der Waals surface area contributed by atoms with Crippen LogP contribution in [0.25, 0.3) is 17.1 Å². The summed E-state index contributed by atoms with van der Waals surface area (Å²) in [4.78, 5) is 17.0. The standard InChI is InChI=1S/C23H24N6O3/c1-28-15-19(14-24-28)29-8-5-21(30)20(26-29)12-17-3-2-4-18(11-17)23-25-22(32-27-23)13-16-6-9-31-10-7-16/h2-5,8,11,14-16H,6-7,9-10,12-13H2,1H3. The Hall–Kier alpha value is -3.59. The summed E-state index contributed by atoms with van der Waals surface area (Å²) in [5.74, 6) is 1.73. The van der Waals surface area contributed by atoms with Gasteiger partial charge in [0.15, 0.2) is 0 Å². The molecule has 0 amide bonds. The van der Waals surface area contributed by atoms with Gasteiger partial charge < -0.3 is 9.26 Å². The minimum absolute atomic E-state index is 0.103. The van der Waals surface area contributed by atoms with Gasteiger partial charge in [0.2, 0.25) is 17.1 Å².